The van der Waals surface area contributed by atoms with Gasteiger partial charge in [0.2, 0.25) is 15.0 Å². The van der Waals surface area contributed by atoms with Gasteiger partial charge in [0.1, 0.15) is 11.4 Å². The molecule has 0 saturated carbocycles. The molecular weight excluding hydrogens is 360 g/mol. The predicted molar refractivity (Wildman–Crippen MR) is 94.3 cm³/mol. The molecule has 0 aliphatic carbocycles. The van der Waals surface area contributed by atoms with E-state index in [1.807, 2.05) is 16.0 Å². The topological polar surface area (TPSA) is 97.5 Å². The summed E-state index contributed by atoms with van der Waals surface area (Å²) in [6.45, 7) is 0. The van der Waals surface area contributed by atoms with E-state index in [0.717, 1.165) is 16.8 Å². The molecule has 0 unspecified atom stereocenters. The lowest BCUT2D eigenvalue weighted by Gasteiger charge is -2.05. The first-order valence-corrected chi connectivity index (χ1v) is 9.99. The highest BCUT2D eigenvalue weighted by molar-refractivity contribution is 7.90. The fourth-order valence-corrected chi connectivity index (χ4v) is 3.73. The van der Waals surface area contributed by atoms with Crippen LogP contribution in [-0.2, 0) is 9.84 Å². The average Bonchev–Trinajstić information content (AvgIpc) is 3.15. The molecule has 3 heterocycles. The number of hydrogen-bond acceptors (Lipinski definition) is 7. The van der Waals surface area contributed by atoms with Gasteiger partial charge in [-0.3, -0.25) is 4.40 Å². The van der Waals surface area contributed by atoms with Crippen molar-refractivity contribution >= 4 is 26.1 Å². The van der Waals surface area contributed by atoms with Gasteiger partial charge in [0, 0.05) is 29.6 Å². The normalized spacial score (nSPS) is 11.9. The van der Waals surface area contributed by atoms with E-state index in [4.69, 9.17) is 0 Å². The molecule has 0 atom stereocenters. The molecule has 0 aliphatic heterocycles. The molecule has 126 valence electrons. The van der Waals surface area contributed by atoms with Crippen LogP contribution in [0, 0.1) is 0 Å². The Balaban J connectivity index is 1.99. The third-order valence-electron chi connectivity index (χ3n) is 3.61. The van der Waals surface area contributed by atoms with Crippen molar-refractivity contribution in [1.29, 1.82) is 0 Å². The Kier molecular flexibility index (Phi) is 3.55. The number of nitrogens with zero attached hydrogens (tertiary/aromatic N) is 4. The molecule has 9 heteroatoms. The number of benzene rings is 1. The summed E-state index contributed by atoms with van der Waals surface area (Å²) in [4.78, 5) is 13.5. The maximum absolute atomic E-state index is 11.8. The van der Waals surface area contributed by atoms with Crippen LogP contribution in [0.2, 0.25) is 0 Å². The van der Waals surface area contributed by atoms with Gasteiger partial charge in [-0.1, -0.05) is 0 Å². The lowest BCUT2D eigenvalue weighted by Crippen LogP contribution is -2.05. The van der Waals surface area contributed by atoms with Crippen LogP contribution in [0.1, 0.15) is 0 Å². The lowest BCUT2D eigenvalue weighted by molar-refractivity contribution is 0.475. The van der Waals surface area contributed by atoms with E-state index in [1.165, 1.54) is 17.5 Å². The highest BCUT2D eigenvalue weighted by Crippen LogP contribution is 2.34. The largest absolute Gasteiger partial charge is 0.508 e. The molecule has 7 nitrogen and oxygen atoms in total. The number of sulfone groups is 1. The number of imidazole rings is 1. The number of phenolic OH excluding ortho intramolecular Hbond substituents is 1. The van der Waals surface area contributed by atoms with Crippen molar-refractivity contribution in [2.75, 3.05) is 6.26 Å². The van der Waals surface area contributed by atoms with Crippen LogP contribution in [0.25, 0.3) is 27.6 Å². The zero-order chi connectivity index (χ0) is 17.6. The van der Waals surface area contributed by atoms with Gasteiger partial charge in [-0.2, -0.15) is 0 Å². The summed E-state index contributed by atoms with van der Waals surface area (Å²) in [5.74, 6) is 0.160. The summed E-state index contributed by atoms with van der Waals surface area (Å²) >= 11 is 1.47. The maximum atomic E-state index is 11.8. The highest BCUT2D eigenvalue weighted by atomic mass is 32.2. The minimum Gasteiger partial charge on any atom is -0.508 e. The Hall–Kier alpha value is -2.78. The second-order valence-electron chi connectivity index (χ2n) is 5.41. The van der Waals surface area contributed by atoms with E-state index < -0.39 is 9.84 Å². The fourth-order valence-electron chi connectivity index (χ4n) is 2.50. The van der Waals surface area contributed by atoms with Crippen LogP contribution in [0.15, 0.2) is 53.3 Å². The van der Waals surface area contributed by atoms with Gasteiger partial charge in [-0.15, -0.1) is 11.3 Å². The molecule has 1 N–H and O–H groups in total. The average molecular weight is 372 g/mol. The van der Waals surface area contributed by atoms with Crippen molar-refractivity contribution in [3.8, 4) is 28.4 Å². The molecule has 0 saturated heterocycles. The van der Waals surface area contributed by atoms with E-state index in [9.17, 15) is 13.5 Å². The van der Waals surface area contributed by atoms with Crippen molar-refractivity contribution < 1.29 is 13.5 Å². The lowest BCUT2D eigenvalue weighted by atomic mass is 10.1. The molecule has 0 radical (unpaired) electrons. The molecule has 0 bridgehead atoms. The van der Waals surface area contributed by atoms with Gasteiger partial charge in [0.25, 0.3) is 0 Å². The Morgan fingerprint density at radius 3 is 2.60 bits per heavy atom. The van der Waals surface area contributed by atoms with Gasteiger partial charge in [0.05, 0.1) is 11.4 Å². The summed E-state index contributed by atoms with van der Waals surface area (Å²) in [6, 6.07) is 8.32. The number of rotatable bonds is 3. The van der Waals surface area contributed by atoms with Crippen molar-refractivity contribution in [3.63, 3.8) is 0 Å². The first kappa shape index (κ1) is 15.7. The summed E-state index contributed by atoms with van der Waals surface area (Å²) in [7, 11) is -3.52. The van der Waals surface area contributed by atoms with Crippen LogP contribution in [0.5, 0.6) is 5.75 Å². The number of thiazole rings is 1. The SMILES string of the molecule is CS(=O)(=O)c1nccc(-c2c(-c3ccc(O)cc3)nc3sccn23)n1. The van der Waals surface area contributed by atoms with E-state index in [2.05, 4.69) is 15.0 Å². The van der Waals surface area contributed by atoms with Gasteiger partial charge < -0.3 is 5.11 Å². The molecule has 4 rings (SSSR count). The molecule has 0 aliphatic rings. The number of phenols is 1. The summed E-state index contributed by atoms with van der Waals surface area (Å²) < 4.78 is 25.4. The van der Waals surface area contributed by atoms with Crippen LogP contribution < -0.4 is 0 Å². The van der Waals surface area contributed by atoms with E-state index in [1.54, 1.807) is 30.3 Å². The fraction of sp³-hybridized carbons (Fsp3) is 0.0625. The van der Waals surface area contributed by atoms with Crippen LogP contribution in [-0.4, -0.2) is 39.1 Å². The quantitative estimate of drug-likeness (QED) is 0.555. The summed E-state index contributed by atoms with van der Waals surface area (Å²) in [6.07, 6.45) is 4.35. The minimum atomic E-state index is -3.52. The molecule has 25 heavy (non-hydrogen) atoms. The molecule has 4 aromatic rings. The van der Waals surface area contributed by atoms with Crippen molar-refractivity contribution in [2.45, 2.75) is 5.16 Å². The minimum absolute atomic E-state index is 0.160. The van der Waals surface area contributed by atoms with Gasteiger partial charge in [0.15, 0.2) is 4.96 Å². The van der Waals surface area contributed by atoms with Crippen LogP contribution in [0.4, 0.5) is 0 Å². The first-order chi connectivity index (χ1) is 11.9. The van der Waals surface area contributed by atoms with Crippen LogP contribution in [0.3, 0.4) is 0 Å². The molecule has 0 spiro atoms. The summed E-state index contributed by atoms with van der Waals surface area (Å²) in [5, 5.41) is 11.2. The summed E-state index contributed by atoms with van der Waals surface area (Å²) in [5.41, 5.74) is 2.59. The predicted octanol–water partition coefficient (Wildman–Crippen LogP) is 2.63. The third-order valence-corrected chi connectivity index (χ3v) is 5.23. The van der Waals surface area contributed by atoms with Crippen molar-refractivity contribution in [1.82, 2.24) is 19.4 Å². The Labute approximate surface area is 147 Å². The monoisotopic (exact) mass is 372 g/mol. The Morgan fingerprint density at radius 2 is 1.88 bits per heavy atom. The zero-order valence-corrected chi connectivity index (χ0v) is 14.6. The molecule has 3 aromatic heterocycles. The van der Waals surface area contributed by atoms with E-state index >= 15 is 0 Å². The van der Waals surface area contributed by atoms with Crippen molar-refractivity contribution in [2.24, 2.45) is 0 Å². The van der Waals surface area contributed by atoms with Gasteiger partial charge >= 0.3 is 0 Å². The number of fused-ring (bicyclic) bond motifs is 1. The standard InChI is InChI=1S/C16H12N4O3S2/c1-25(22,23)15-17-7-6-12(18-15)14-13(10-2-4-11(21)5-3-10)19-16-20(14)8-9-24-16/h2-9,21H,1H3. The zero-order valence-electron chi connectivity index (χ0n) is 13.0. The Bertz CT molecular complexity index is 1180. The van der Waals surface area contributed by atoms with E-state index in [0.29, 0.717) is 17.1 Å². The third kappa shape index (κ3) is 2.77. The van der Waals surface area contributed by atoms with Crippen LogP contribution >= 0.6 is 11.3 Å². The van der Waals surface area contributed by atoms with Gasteiger partial charge in [-0.25, -0.2) is 23.4 Å². The molecular formula is C16H12N4O3S2. The molecule has 0 fully saturated rings. The number of aromatic nitrogens is 4. The maximum Gasteiger partial charge on any atom is 0.247 e. The van der Waals surface area contributed by atoms with Crippen molar-refractivity contribution in [3.05, 3.63) is 48.1 Å². The molecule has 0 amide bonds. The highest BCUT2D eigenvalue weighted by Gasteiger charge is 2.20. The first-order valence-electron chi connectivity index (χ1n) is 7.22. The smallest absolute Gasteiger partial charge is 0.247 e. The molecule has 1 aromatic carbocycles. The second-order valence-corrected chi connectivity index (χ2v) is 8.19. The second kappa shape index (κ2) is 5.64. The number of aromatic hydroxyl groups is 1. The Morgan fingerprint density at radius 1 is 1.12 bits per heavy atom. The van der Waals surface area contributed by atoms with E-state index in [-0.39, 0.29) is 10.9 Å². The number of hydrogen-bond donors (Lipinski definition) is 1. The van der Waals surface area contributed by atoms with Gasteiger partial charge in [-0.05, 0) is 30.3 Å².